The molecule has 1 heterocycles. The van der Waals surface area contributed by atoms with E-state index >= 15 is 0 Å². The number of amides is 2. The van der Waals surface area contributed by atoms with E-state index in [1.165, 1.54) is 24.3 Å². The Hall–Kier alpha value is -2.40. The first kappa shape index (κ1) is 38.1. The fraction of sp³-hybridized carbons (Fsp3) is 0.619. The molecule has 1 aromatic carbocycles. The van der Waals surface area contributed by atoms with Crippen LogP contribution in [0.5, 0.6) is 0 Å². The maximum absolute atomic E-state index is 13.9. The fourth-order valence-corrected chi connectivity index (χ4v) is 6.75. The van der Waals surface area contributed by atoms with E-state index < -0.39 is 90.7 Å². The molecule has 262 valence electrons. The van der Waals surface area contributed by atoms with Gasteiger partial charge in [-0.3, -0.25) is 33.2 Å². The van der Waals surface area contributed by atoms with Crippen molar-refractivity contribution in [3.05, 3.63) is 35.9 Å². The highest BCUT2D eigenvalue weighted by molar-refractivity contribution is 7.81. The molecule has 5 N–H and O–H groups in total. The van der Waals surface area contributed by atoms with Crippen molar-refractivity contribution in [2.24, 2.45) is 5.92 Å². The molecule has 1 saturated carbocycles. The summed E-state index contributed by atoms with van der Waals surface area (Å²) in [4.78, 5) is 26.9. The van der Waals surface area contributed by atoms with Crippen LogP contribution in [0.15, 0.2) is 30.3 Å². The molecule has 0 aromatic heterocycles. The van der Waals surface area contributed by atoms with E-state index in [9.17, 15) is 61.5 Å². The normalized spacial score (nSPS) is 25.1. The number of nitrogens with zero attached hydrogens (tertiary/aromatic N) is 1. The lowest BCUT2D eigenvalue weighted by molar-refractivity contribution is -0.255. The first-order chi connectivity index (χ1) is 21.1. The van der Waals surface area contributed by atoms with Crippen LogP contribution in [0.1, 0.15) is 44.1 Å². The van der Waals surface area contributed by atoms with Gasteiger partial charge >= 0.3 is 41.6 Å². The van der Waals surface area contributed by atoms with Gasteiger partial charge in [-0.1, -0.05) is 49.6 Å². The highest BCUT2D eigenvalue weighted by Crippen LogP contribution is 2.33. The van der Waals surface area contributed by atoms with Gasteiger partial charge in [-0.2, -0.15) is 33.7 Å². The Labute approximate surface area is 263 Å². The molecule has 0 spiro atoms. The molecule has 0 radical (unpaired) electrons. The summed E-state index contributed by atoms with van der Waals surface area (Å²) in [6.07, 6.45) is -10.7. The molecule has 3 rings (SSSR count). The molecule has 0 bridgehead atoms. The third kappa shape index (κ3) is 12.7. The average Bonchev–Trinajstić information content (AvgIpc) is 2.89. The second kappa shape index (κ2) is 15.2. The number of carbonyl (C=O) groups is 2. The number of ether oxygens (including phenoxy) is 1. The predicted octanol–water partition coefficient (Wildman–Crippen LogP) is -0.875. The molecule has 0 unspecified atom stereocenters. The lowest BCUT2D eigenvalue weighted by Gasteiger charge is -2.43. The van der Waals surface area contributed by atoms with Crippen molar-refractivity contribution >= 4 is 53.4 Å². The molecule has 21 nitrogen and oxygen atoms in total. The molecule has 1 saturated heterocycles. The van der Waals surface area contributed by atoms with Gasteiger partial charge in [0.15, 0.2) is 12.2 Å². The van der Waals surface area contributed by atoms with E-state index in [0.29, 0.717) is 23.4 Å². The summed E-state index contributed by atoms with van der Waals surface area (Å²) in [6.45, 7) is -0.521. The molecule has 2 fully saturated rings. The minimum Gasteiger partial charge on any atom is -0.332 e. The first-order valence-corrected chi connectivity index (χ1v) is 18.5. The highest BCUT2D eigenvalue weighted by atomic mass is 32.3. The highest BCUT2D eigenvalue weighted by Gasteiger charge is 2.57. The van der Waals surface area contributed by atoms with Crippen LogP contribution in [0.2, 0.25) is 0 Å². The molecule has 25 heteroatoms. The van der Waals surface area contributed by atoms with Gasteiger partial charge in [0.1, 0.15) is 12.2 Å². The van der Waals surface area contributed by atoms with Gasteiger partial charge in [-0.05, 0) is 24.3 Å². The fourth-order valence-electron chi connectivity index (χ4n) is 4.89. The van der Waals surface area contributed by atoms with Crippen LogP contribution >= 0.6 is 0 Å². The van der Waals surface area contributed by atoms with Crippen molar-refractivity contribution in [2.75, 3.05) is 0 Å². The minimum atomic E-state index is -5.85. The molecular weight excluding hydrogens is 712 g/mol. The van der Waals surface area contributed by atoms with Crippen molar-refractivity contribution in [1.29, 1.82) is 0 Å². The summed E-state index contributed by atoms with van der Waals surface area (Å²) >= 11 is 0. The zero-order valence-electron chi connectivity index (χ0n) is 23.3. The van der Waals surface area contributed by atoms with Crippen molar-refractivity contribution in [3.8, 4) is 0 Å². The Morgan fingerprint density at radius 2 is 1.24 bits per heavy atom. The van der Waals surface area contributed by atoms with Gasteiger partial charge in [0.2, 0.25) is 12.2 Å². The Morgan fingerprint density at radius 3 is 1.76 bits per heavy atom. The number of hydrogen-bond donors (Lipinski definition) is 5. The van der Waals surface area contributed by atoms with E-state index in [-0.39, 0.29) is 12.3 Å². The third-order valence-corrected chi connectivity index (χ3v) is 8.39. The minimum absolute atomic E-state index is 0.0672. The summed E-state index contributed by atoms with van der Waals surface area (Å²) in [6, 6.07) is 7.62. The number of hydrogen-bond acceptors (Lipinski definition) is 15. The second-order valence-electron chi connectivity index (χ2n) is 10.1. The Morgan fingerprint density at radius 1 is 0.739 bits per heavy atom. The number of rotatable bonds is 13. The van der Waals surface area contributed by atoms with E-state index in [1.54, 1.807) is 6.07 Å². The molecule has 1 aliphatic heterocycles. The predicted molar refractivity (Wildman–Crippen MR) is 147 cm³/mol. The lowest BCUT2D eigenvalue weighted by atomic mass is 9.87. The van der Waals surface area contributed by atoms with Crippen molar-refractivity contribution < 1.29 is 82.9 Å². The van der Waals surface area contributed by atoms with Crippen molar-refractivity contribution in [2.45, 2.75) is 75.8 Å². The SMILES string of the molecule is O=C(CC1CCCCC1)NN(Cc1ccccc1)C(=O)[C@H]1O[C@H](OS(=O)(=O)O)[C@H](OS(=O)(=O)O)[C@@H](OS(=O)(=O)O)[C@@H]1OS(=O)(=O)O. The molecular formula is C21H30N2O19S4. The summed E-state index contributed by atoms with van der Waals surface area (Å²) in [5, 5.41) is 0.518. The van der Waals surface area contributed by atoms with Gasteiger partial charge in [0.05, 0.1) is 6.54 Å². The number of hydrazine groups is 1. The standard InChI is InChI=1S/C21H30N2O19S4/c24-15(11-13-7-3-1-4-8-13)22-23(12-14-9-5-2-6-10-14)20(25)18-16(39-43(26,27)28)17(40-44(29,30)31)19(41-45(32,33)34)21(38-18)42-46(35,36)37/h2,5-6,9-10,13,16-19,21H,1,3-4,7-8,11-12H2,(H,22,24)(H,26,27,28)(H,29,30,31)(H,32,33,34)(H,35,36,37)/t16-,17-,18-,19+,21+/m0/s1. The van der Waals surface area contributed by atoms with E-state index in [4.69, 9.17) is 4.74 Å². The van der Waals surface area contributed by atoms with Gasteiger partial charge in [-0.15, -0.1) is 0 Å². The lowest BCUT2D eigenvalue weighted by Crippen LogP contribution is -2.66. The molecule has 5 atom stereocenters. The van der Waals surface area contributed by atoms with Crippen LogP contribution < -0.4 is 5.43 Å². The van der Waals surface area contributed by atoms with Crippen LogP contribution in [0.25, 0.3) is 0 Å². The Balaban J connectivity index is 2.12. The van der Waals surface area contributed by atoms with Crippen LogP contribution in [-0.4, -0.2) is 99.4 Å². The van der Waals surface area contributed by atoms with E-state index in [2.05, 4.69) is 22.2 Å². The van der Waals surface area contributed by atoms with E-state index in [1.807, 2.05) is 0 Å². The number of nitrogens with one attached hydrogen (secondary N) is 1. The van der Waals surface area contributed by atoms with Crippen LogP contribution in [0.4, 0.5) is 0 Å². The van der Waals surface area contributed by atoms with Gasteiger partial charge < -0.3 is 4.74 Å². The average molecular weight is 743 g/mol. The van der Waals surface area contributed by atoms with Crippen molar-refractivity contribution in [1.82, 2.24) is 10.4 Å². The monoisotopic (exact) mass is 742 g/mol. The first-order valence-electron chi connectivity index (χ1n) is 13.0. The Kier molecular flexibility index (Phi) is 12.6. The van der Waals surface area contributed by atoms with Crippen LogP contribution in [0.3, 0.4) is 0 Å². The Bertz CT molecular complexity index is 1660. The largest absolute Gasteiger partial charge is 0.399 e. The van der Waals surface area contributed by atoms with Crippen LogP contribution in [-0.2, 0) is 79.2 Å². The van der Waals surface area contributed by atoms with Gasteiger partial charge in [0.25, 0.3) is 5.91 Å². The quantitative estimate of drug-likeness (QED) is 0.121. The molecule has 2 aliphatic rings. The summed E-state index contributed by atoms with van der Waals surface area (Å²) in [5.41, 5.74) is 2.60. The van der Waals surface area contributed by atoms with Crippen LogP contribution in [0, 0.1) is 5.92 Å². The topological polar surface area (TPSA) is 313 Å². The maximum Gasteiger partial charge on any atom is 0.399 e. The number of benzene rings is 1. The molecule has 46 heavy (non-hydrogen) atoms. The summed E-state index contributed by atoms with van der Waals surface area (Å²) in [5.74, 6) is -2.38. The molecule has 2 amide bonds. The summed E-state index contributed by atoms with van der Waals surface area (Å²) in [7, 11) is -23.2. The molecule has 1 aromatic rings. The van der Waals surface area contributed by atoms with Crippen molar-refractivity contribution in [3.63, 3.8) is 0 Å². The summed E-state index contributed by atoms with van der Waals surface area (Å²) < 4.78 is 152. The maximum atomic E-state index is 13.9. The van der Waals surface area contributed by atoms with Gasteiger partial charge in [0, 0.05) is 6.42 Å². The second-order valence-corrected chi connectivity index (χ2v) is 14.3. The zero-order valence-corrected chi connectivity index (χ0v) is 26.6. The number of carbonyl (C=O) groups excluding carboxylic acids is 2. The van der Waals surface area contributed by atoms with Gasteiger partial charge in [-0.25, -0.2) is 21.7 Å². The molecule has 1 aliphatic carbocycles. The third-order valence-electron chi connectivity index (χ3n) is 6.56. The zero-order chi connectivity index (χ0) is 34.5. The smallest absolute Gasteiger partial charge is 0.332 e. The van der Waals surface area contributed by atoms with E-state index in [0.717, 1.165) is 19.3 Å².